The maximum absolute atomic E-state index is 4.62. The van der Waals surface area contributed by atoms with Crippen LogP contribution in [0, 0.1) is 0 Å². The van der Waals surface area contributed by atoms with Crippen molar-refractivity contribution in [2.45, 2.75) is 19.1 Å². The van der Waals surface area contributed by atoms with E-state index < -0.39 is 0 Å². The summed E-state index contributed by atoms with van der Waals surface area (Å²) >= 11 is 0. The highest BCUT2D eigenvalue weighted by Gasteiger charge is 2.27. The van der Waals surface area contributed by atoms with Crippen LogP contribution in [0.3, 0.4) is 0 Å². The van der Waals surface area contributed by atoms with Crippen molar-refractivity contribution in [1.29, 1.82) is 0 Å². The molecular weight excluding hydrogens is 312 g/mol. The molecule has 3 aromatic rings. The third-order valence-corrected chi connectivity index (χ3v) is 4.85. The number of aromatic nitrogens is 4. The van der Waals surface area contributed by atoms with Crippen LogP contribution in [0.4, 0.5) is 0 Å². The Labute approximate surface area is 148 Å². The van der Waals surface area contributed by atoms with Gasteiger partial charge in [-0.2, -0.15) is 0 Å². The second kappa shape index (κ2) is 7.21. The van der Waals surface area contributed by atoms with Crippen molar-refractivity contribution in [2.75, 3.05) is 19.6 Å². The maximum atomic E-state index is 4.62. The Morgan fingerprint density at radius 1 is 1.08 bits per heavy atom. The largest absolute Gasteiger partial charge is 0.337 e. The van der Waals surface area contributed by atoms with Crippen LogP contribution in [0.25, 0.3) is 0 Å². The molecule has 0 aliphatic carbocycles. The van der Waals surface area contributed by atoms with E-state index in [-0.39, 0.29) is 6.04 Å². The Kier molecular flexibility index (Phi) is 4.63. The average Bonchev–Trinajstić information content (AvgIpc) is 3.26. The van der Waals surface area contributed by atoms with Crippen LogP contribution < -0.4 is 5.32 Å². The Hall–Kier alpha value is -2.44. The van der Waals surface area contributed by atoms with Gasteiger partial charge in [-0.25, -0.2) is 9.97 Å². The first kappa shape index (κ1) is 16.1. The van der Waals surface area contributed by atoms with E-state index in [1.807, 2.05) is 18.6 Å². The van der Waals surface area contributed by atoms with Crippen molar-refractivity contribution < 1.29 is 0 Å². The number of nitrogens with zero attached hydrogens (tertiary/aromatic N) is 5. The Balaban J connectivity index is 1.53. The zero-order chi connectivity index (χ0) is 17.1. The van der Waals surface area contributed by atoms with Crippen LogP contribution in [0.5, 0.6) is 0 Å². The number of hydrogen-bond acceptors (Lipinski definition) is 4. The van der Waals surface area contributed by atoms with Crippen molar-refractivity contribution >= 4 is 0 Å². The van der Waals surface area contributed by atoms with Gasteiger partial charge in [0.15, 0.2) is 0 Å². The maximum Gasteiger partial charge on any atom is 0.127 e. The monoisotopic (exact) mass is 336 g/mol. The average molecular weight is 336 g/mol. The molecule has 2 aromatic heterocycles. The van der Waals surface area contributed by atoms with E-state index in [4.69, 9.17) is 0 Å². The van der Waals surface area contributed by atoms with E-state index in [0.29, 0.717) is 0 Å². The predicted molar refractivity (Wildman–Crippen MR) is 97.0 cm³/mol. The molecule has 1 fully saturated rings. The molecule has 1 aliphatic rings. The summed E-state index contributed by atoms with van der Waals surface area (Å²) in [5.74, 6) is 2.21. The molecule has 3 heterocycles. The van der Waals surface area contributed by atoms with Gasteiger partial charge in [0, 0.05) is 58.0 Å². The third kappa shape index (κ3) is 3.50. The second-order valence-electron chi connectivity index (χ2n) is 6.54. The molecule has 6 nitrogen and oxygen atoms in total. The molecule has 1 saturated heterocycles. The van der Waals surface area contributed by atoms with Gasteiger partial charge in [0.25, 0.3) is 0 Å². The molecule has 4 rings (SSSR count). The van der Waals surface area contributed by atoms with Crippen LogP contribution >= 0.6 is 0 Å². The van der Waals surface area contributed by atoms with Crippen LogP contribution in [0.15, 0.2) is 55.1 Å². The summed E-state index contributed by atoms with van der Waals surface area (Å²) in [4.78, 5) is 11.7. The fourth-order valence-corrected chi connectivity index (χ4v) is 3.49. The molecule has 1 N–H and O–H groups in total. The zero-order valence-electron chi connectivity index (χ0n) is 14.5. The van der Waals surface area contributed by atoms with Gasteiger partial charge < -0.3 is 14.5 Å². The number of imidazole rings is 2. The summed E-state index contributed by atoms with van der Waals surface area (Å²) in [6.07, 6.45) is 7.85. The number of hydrogen-bond donors (Lipinski definition) is 1. The van der Waals surface area contributed by atoms with E-state index in [2.05, 4.69) is 72.9 Å². The predicted octanol–water partition coefficient (Wildman–Crippen LogP) is 1.81. The van der Waals surface area contributed by atoms with Gasteiger partial charge >= 0.3 is 0 Å². The van der Waals surface area contributed by atoms with Gasteiger partial charge in [-0.05, 0) is 5.56 Å². The third-order valence-electron chi connectivity index (χ3n) is 4.85. The van der Waals surface area contributed by atoms with Crippen molar-refractivity contribution in [3.63, 3.8) is 0 Å². The summed E-state index contributed by atoms with van der Waals surface area (Å²) in [7, 11) is 2.06. The Morgan fingerprint density at radius 3 is 2.72 bits per heavy atom. The SMILES string of the molecule is Cn1ccnc1C1CNCCN1Cc1nccn1Cc1ccccc1. The first-order chi connectivity index (χ1) is 12.3. The van der Waals surface area contributed by atoms with E-state index >= 15 is 0 Å². The fourth-order valence-electron chi connectivity index (χ4n) is 3.49. The lowest BCUT2D eigenvalue weighted by molar-refractivity contribution is 0.139. The van der Waals surface area contributed by atoms with Crippen LogP contribution in [-0.4, -0.2) is 43.6 Å². The standard InChI is InChI=1S/C19H24N6/c1-23-10-8-22-19(23)17-13-20-7-11-24(17)15-18-21-9-12-25(18)14-16-5-3-2-4-6-16/h2-6,8-10,12,17,20H,7,11,13-15H2,1H3. The molecule has 6 heteroatoms. The first-order valence-electron chi connectivity index (χ1n) is 8.77. The highest BCUT2D eigenvalue weighted by molar-refractivity contribution is 5.16. The molecular formula is C19H24N6. The molecule has 1 unspecified atom stereocenters. The van der Waals surface area contributed by atoms with Gasteiger partial charge in [-0.15, -0.1) is 0 Å². The molecule has 0 amide bonds. The molecule has 25 heavy (non-hydrogen) atoms. The molecule has 0 saturated carbocycles. The van der Waals surface area contributed by atoms with Gasteiger partial charge in [-0.3, -0.25) is 4.90 Å². The summed E-state index contributed by atoms with van der Waals surface area (Å²) in [6.45, 7) is 4.61. The fraction of sp³-hybridized carbons (Fsp3) is 0.368. The number of piperazine rings is 1. The highest BCUT2D eigenvalue weighted by atomic mass is 15.3. The molecule has 130 valence electrons. The Bertz CT molecular complexity index is 806. The van der Waals surface area contributed by atoms with E-state index in [1.54, 1.807) is 0 Å². The summed E-state index contributed by atoms with van der Waals surface area (Å²) in [5, 5.41) is 3.49. The van der Waals surface area contributed by atoms with Gasteiger partial charge in [0.2, 0.25) is 0 Å². The lowest BCUT2D eigenvalue weighted by Crippen LogP contribution is -2.46. The smallest absolute Gasteiger partial charge is 0.127 e. The zero-order valence-corrected chi connectivity index (χ0v) is 14.5. The molecule has 1 aliphatic heterocycles. The van der Waals surface area contributed by atoms with Crippen molar-refractivity contribution in [1.82, 2.24) is 29.3 Å². The highest BCUT2D eigenvalue weighted by Crippen LogP contribution is 2.22. The molecule has 1 atom stereocenters. The van der Waals surface area contributed by atoms with Gasteiger partial charge in [0.05, 0.1) is 12.6 Å². The molecule has 0 spiro atoms. The van der Waals surface area contributed by atoms with Gasteiger partial charge in [0.1, 0.15) is 11.6 Å². The van der Waals surface area contributed by atoms with Crippen LogP contribution in [0.2, 0.25) is 0 Å². The van der Waals surface area contributed by atoms with Crippen molar-refractivity contribution in [2.24, 2.45) is 7.05 Å². The minimum absolute atomic E-state index is 0.274. The number of rotatable bonds is 5. The van der Waals surface area contributed by atoms with E-state index in [1.165, 1.54) is 5.56 Å². The minimum atomic E-state index is 0.274. The summed E-state index contributed by atoms with van der Waals surface area (Å²) < 4.78 is 4.36. The summed E-state index contributed by atoms with van der Waals surface area (Å²) in [6, 6.07) is 10.8. The van der Waals surface area contributed by atoms with Crippen molar-refractivity contribution in [3.8, 4) is 0 Å². The minimum Gasteiger partial charge on any atom is -0.337 e. The van der Waals surface area contributed by atoms with Crippen LogP contribution in [0.1, 0.15) is 23.3 Å². The Morgan fingerprint density at radius 2 is 1.92 bits per heavy atom. The molecule has 1 aromatic carbocycles. The lowest BCUT2D eigenvalue weighted by Gasteiger charge is -2.35. The summed E-state index contributed by atoms with van der Waals surface area (Å²) in [5.41, 5.74) is 1.29. The van der Waals surface area contributed by atoms with E-state index in [0.717, 1.165) is 44.4 Å². The lowest BCUT2D eigenvalue weighted by atomic mass is 10.1. The number of nitrogens with one attached hydrogen (secondary N) is 1. The quantitative estimate of drug-likeness (QED) is 0.772. The van der Waals surface area contributed by atoms with Gasteiger partial charge in [-0.1, -0.05) is 30.3 Å². The number of aryl methyl sites for hydroxylation is 1. The molecule has 0 bridgehead atoms. The molecule has 0 radical (unpaired) electrons. The first-order valence-corrected chi connectivity index (χ1v) is 8.77. The number of benzene rings is 1. The normalized spacial score (nSPS) is 18.5. The second-order valence-corrected chi connectivity index (χ2v) is 6.54. The topological polar surface area (TPSA) is 50.9 Å². The van der Waals surface area contributed by atoms with Crippen molar-refractivity contribution in [3.05, 3.63) is 72.3 Å². The van der Waals surface area contributed by atoms with Crippen LogP contribution in [-0.2, 0) is 20.1 Å². The van der Waals surface area contributed by atoms with E-state index in [9.17, 15) is 0 Å².